The van der Waals surface area contributed by atoms with Crippen molar-refractivity contribution in [3.63, 3.8) is 0 Å². The number of aryl methyl sites for hydroxylation is 1. The smallest absolute Gasteiger partial charge is 0.253 e. The third kappa shape index (κ3) is 3.70. The molecule has 7 heteroatoms. The van der Waals surface area contributed by atoms with Gasteiger partial charge in [0.25, 0.3) is 10.0 Å². The number of nitrogens with zero attached hydrogens (tertiary/aromatic N) is 2. The molecule has 0 saturated carbocycles. The van der Waals surface area contributed by atoms with E-state index in [0.717, 1.165) is 31.7 Å². The Morgan fingerprint density at radius 1 is 1.21 bits per heavy atom. The second-order valence-electron chi connectivity index (χ2n) is 4.49. The van der Waals surface area contributed by atoms with Crippen molar-refractivity contribution in [1.29, 1.82) is 0 Å². The summed E-state index contributed by atoms with van der Waals surface area (Å²) in [6, 6.07) is 6.94. The molecule has 1 heterocycles. The van der Waals surface area contributed by atoms with Gasteiger partial charge in [0.1, 0.15) is 0 Å². The fourth-order valence-electron chi connectivity index (χ4n) is 1.79. The molecule has 0 atom stereocenters. The van der Waals surface area contributed by atoms with Gasteiger partial charge in [-0.3, -0.25) is 0 Å². The Balaban J connectivity index is 2.07. The Labute approximate surface area is 119 Å². The molecule has 19 heavy (non-hydrogen) atoms. The molecule has 0 bridgehead atoms. The predicted octanol–water partition coefficient (Wildman–Crippen LogP) is 1.08. The molecule has 1 aliphatic rings. The van der Waals surface area contributed by atoms with E-state index in [4.69, 9.17) is 0 Å². The lowest BCUT2D eigenvalue weighted by Gasteiger charge is -2.29. The van der Waals surface area contributed by atoms with Crippen LogP contribution >= 0.6 is 12.1 Å². The van der Waals surface area contributed by atoms with Crippen LogP contribution < -0.4 is 5.32 Å². The molecule has 1 saturated heterocycles. The molecule has 0 aliphatic carbocycles. The van der Waals surface area contributed by atoms with Crippen molar-refractivity contribution >= 4 is 22.2 Å². The van der Waals surface area contributed by atoms with Crippen LogP contribution in [0.5, 0.6) is 0 Å². The first kappa shape index (κ1) is 14.8. The van der Waals surface area contributed by atoms with Crippen molar-refractivity contribution in [3.05, 3.63) is 29.8 Å². The van der Waals surface area contributed by atoms with Gasteiger partial charge in [-0.05, 0) is 19.1 Å². The topological polar surface area (TPSA) is 52.7 Å². The molecule has 0 aromatic heterocycles. The van der Waals surface area contributed by atoms with Gasteiger partial charge < -0.3 is 5.32 Å². The van der Waals surface area contributed by atoms with Crippen LogP contribution in [0, 0.1) is 6.92 Å². The van der Waals surface area contributed by atoms with Crippen molar-refractivity contribution in [3.8, 4) is 0 Å². The summed E-state index contributed by atoms with van der Waals surface area (Å²) in [6.45, 7) is 5.42. The Bertz CT molecular complexity index is 510. The molecule has 0 amide bonds. The molecule has 0 unspecified atom stereocenters. The highest BCUT2D eigenvalue weighted by molar-refractivity contribution is 8.07. The number of nitrogens with one attached hydrogen (secondary N) is 1. The van der Waals surface area contributed by atoms with Gasteiger partial charge in [-0.15, -0.1) is 3.71 Å². The van der Waals surface area contributed by atoms with Crippen LogP contribution in [0.4, 0.5) is 0 Å². The van der Waals surface area contributed by atoms with Crippen LogP contribution in [-0.2, 0) is 10.0 Å². The minimum Gasteiger partial charge on any atom is -0.314 e. The Kier molecular flexibility index (Phi) is 4.86. The number of hydrogen-bond acceptors (Lipinski definition) is 5. The van der Waals surface area contributed by atoms with Crippen LogP contribution in [0.3, 0.4) is 0 Å². The van der Waals surface area contributed by atoms with Gasteiger partial charge in [0, 0.05) is 45.4 Å². The average Bonchev–Trinajstić information content (AvgIpc) is 2.40. The van der Waals surface area contributed by atoms with E-state index in [-0.39, 0.29) is 0 Å². The molecule has 1 aliphatic heterocycles. The minimum absolute atomic E-state index is 0.336. The van der Waals surface area contributed by atoms with E-state index in [1.165, 1.54) is 15.8 Å². The van der Waals surface area contributed by atoms with Gasteiger partial charge in [-0.1, -0.05) is 17.7 Å². The largest absolute Gasteiger partial charge is 0.314 e. The summed E-state index contributed by atoms with van der Waals surface area (Å²) in [7, 11) is -1.82. The first-order valence-corrected chi connectivity index (χ1v) is 8.36. The average molecular weight is 301 g/mol. The first-order chi connectivity index (χ1) is 9.00. The summed E-state index contributed by atoms with van der Waals surface area (Å²) in [6.07, 6.45) is 0. The zero-order valence-electron chi connectivity index (χ0n) is 11.2. The van der Waals surface area contributed by atoms with Gasteiger partial charge in [0.05, 0.1) is 4.90 Å². The lowest BCUT2D eigenvalue weighted by molar-refractivity contribution is 0.389. The van der Waals surface area contributed by atoms with Gasteiger partial charge in [-0.2, -0.15) is 0 Å². The maximum absolute atomic E-state index is 12.4. The molecule has 1 aromatic rings. The van der Waals surface area contributed by atoms with E-state index < -0.39 is 10.0 Å². The van der Waals surface area contributed by atoms with Gasteiger partial charge in [0.2, 0.25) is 0 Å². The van der Waals surface area contributed by atoms with E-state index in [1.54, 1.807) is 19.2 Å². The van der Waals surface area contributed by atoms with E-state index in [2.05, 4.69) is 9.62 Å². The quantitative estimate of drug-likeness (QED) is 0.844. The predicted molar refractivity (Wildman–Crippen MR) is 78.2 cm³/mol. The summed E-state index contributed by atoms with van der Waals surface area (Å²) in [4.78, 5) is 0.336. The van der Waals surface area contributed by atoms with E-state index >= 15 is 0 Å². The van der Waals surface area contributed by atoms with Crippen molar-refractivity contribution in [1.82, 2.24) is 13.3 Å². The maximum Gasteiger partial charge on any atom is 0.253 e. The molecular formula is C12H19N3O2S2. The Hall–Kier alpha value is -0.600. The molecule has 106 valence electrons. The molecular weight excluding hydrogens is 282 g/mol. The monoisotopic (exact) mass is 301 g/mol. The number of hydrogen-bond donors (Lipinski definition) is 1. The summed E-state index contributed by atoms with van der Waals surface area (Å²) in [5.41, 5.74) is 1.05. The number of sulfonamides is 1. The molecule has 2 rings (SSSR count). The number of rotatable bonds is 4. The fourth-order valence-corrected chi connectivity index (χ4v) is 4.13. The van der Waals surface area contributed by atoms with Crippen LogP contribution in [0.25, 0.3) is 0 Å². The fraction of sp³-hybridized carbons (Fsp3) is 0.500. The van der Waals surface area contributed by atoms with E-state index in [0.29, 0.717) is 4.90 Å². The third-order valence-corrected chi connectivity index (χ3v) is 6.12. The van der Waals surface area contributed by atoms with Crippen LogP contribution in [0.2, 0.25) is 0 Å². The number of benzene rings is 1. The third-order valence-electron chi connectivity index (χ3n) is 2.96. The lowest BCUT2D eigenvalue weighted by atomic mass is 10.2. The zero-order valence-corrected chi connectivity index (χ0v) is 12.8. The summed E-state index contributed by atoms with van der Waals surface area (Å²) >= 11 is 1.27. The molecule has 5 nitrogen and oxygen atoms in total. The summed E-state index contributed by atoms with van der Waals surface area (Å²) in [5, 5.41) is 3.24. The second-order valence-corrected chi connectivity index (χ2v) is 7.92. The Morgan fingerprint density at radius 2 is 1.79 bits per heavy atom. The summed E-state index contributed by atoms with van der Waals surface area (Å²) in [5.74, 6) is 0. The maximum atomic E-state index is 12.4. The van der Waals surface area contributed by atoms with Crippen molar-refractivity contribution in [2.24, 2.45) is 0 Å². The van der Waals surface area contributed by atoms with Crippen molar-refractivity contribution in [2.75, 3.05) is 33.2 Å². The van der Waals surface area contributed by atoms with Gasteiger partial charge in [0.15, 0.2) is 0 Å². The molecule has 1 aromatic carbocycles. The van der Waals surface area contributed by atoms with Crippen LogP contribution in [0.15, 0.2) is 29.2 Å². The minimum atomic E-state index is -3.42. The molecule has 0 radical (unpaired) electrons. The SMILES string of the molecule is Cc1ccc(S(=O)(=O)N(C)SN2CCNCC2)cc1. The van der Waals surface area contributed by atoms with E-state index in [1.807, 2.05) is 19.1 Å². The molecule has 0 spiro atoms. The molecule has 1 N–H and O–H groups in total. The van der Waals surface area contributed by atoms with Crippen molar-refractivity contribution in [2.45, 2.75) is 11.8 Å². The molecule has 1 fully saturated rings. The standard InChI is InChI=1S/C12H19N3O2S2/c1-11-3-5-12(6-4-11)19(16,17)14(2)18-15-9-7-13-8-10-15/h3-6,13H,7-10H2,1-2H3. The number of piperazine rings is 1. The van der Waals surface area contributed by atoms with Gasteiger partial charge in [-0.25, -0.2) is 12.7 Å². The van der Waals surface area contributed by atoms with Crippen LogP contribution in [-0.4, -0.2) is 49.7 Å². The Morgan fingerprint density at radius 3 is 2.37 bits per heavy atom. The highest BCUT2D eigenvalue weighted by atomic mass is 32.3. The summed E-state index contributed by atoms with van der Waals surface area (Å²) < 4.78 is 28.2. The van der Waals surface area contributed by atoms with Crippen LogP contribution in [0.1, 0.15) is 5.56 Å². The first-order valence-electron chi connectivity index (χ1n) is 6.19. The second kappa shape index (κ2) is 6.23. The van der Waals surface area contributed by atoms with Gasteiger partial charge >= 0.3 is 0 Å². The highest BCUT2D eigenvalue weighted by Gasteiger charge is 2.24. The lowest BCUT2D eigenvalue weighted by Crippen LogP contribution is -2.41. The normalized spacial score (nSPS) is 17.8. The van der Waals surface area contributed by atoms with Crippen molar-refractivity contribution < 1.29 is 8.42 Å². The zero-order chi connectivity index (χ0) is 13.9. The highest BCUT2D eigenvalue weighted by Crippen LogP contribution is 2.24. The van der Waals surface area contributed by atoms with E-state index in [9.17, 15) is 8.42 Å².